The van der Waals surface area contributed by atoms with Crippen LogP contribution in [0.5, 0.6) is 0 Å². The Balaban J connectivity index is 1.76. The van der Waals surface area contributed by atoms with Crippen LogP contribution < -0.4 is 5.32 Å². The van der Waals surface area contributed by atoms with Gasteiger partial charge in [0.05, 0.1) is 11.6 Å². The van der Waals surface area contributed by atoms with Gasteiger partial charge in [0.1, 0.15) is 0 Å². The molecule has 2 N–H and O–H groups in total. The van der Waals surface area contributed by atoms with Gasteiger partial charge in [-0.1, -0.05) is 56.9 Å². The summed E-state index contributed by atoms with van der Waals surface area (Å²) in [6, 6.07) is 8.70. The molecule has 3 rings (SSSR count). The second-order valence-corrected chi connectivity index (χ2v) is 6.70. The number of aliphatic hydroxyl groups is 1. The van der Waals surface area contributed by atoms with Gasteiger partial charge in [-0.25, -0.2) is 0 Å². The summed E-state index contributed by atoms with van der Waals surface area (Å²) in [6.45, 7) is 3.17. The van der Waals surface area contributed by atoms with Crippen LogP contribution in [0.15, 0.2) is 24.3 Å². The van der Waals surface area contributed by atoms with Crippen molar-refractivity contribution in [2.45, 2.75) is 70.1 Å². The zero-order valence-corrected chi connectivity index (χ0v) is 12.6. The van der Waals surface area contributed by atoms with Gasteiger partial charge in [-0.2, -0.15) is 0 Å². The van der Waals surface area contributed by atoms with Crippen molar-refractivity contribution in [3.63, 3.8) is 0 Å². The molecule has 0 bridgehead atoms. The number of nitrogens with one attached hydrogen (secondary N) is 1. The first-order valence-corrected chi connectivity index (χ1v) is 8.26. The molecule has 1 aliphatic carbocycles. The maximum absolute atomic E-state index is 11.2. The second kappa shape index (κ2) is 5.87. The van der Waals surface area contributed by atoms with Crippen LogP contribution in [0.4, 0.5) is 0 Å². The third kappa shape index (κ3) is 2.64. The molecule has 0 amide bonds. The maximum Gasteiger partial charge on any atom is 0.0841 e. The van der Waals surface area contributed by atoms with Crippen molar-refractivity contribution >= 4 is 0 Å². The summed E-state index contributed by atoms with van der Waals surface area (Å²) in [5, 5.41) is 14.8. The fraction of sp³-hybridized carbons (Fsp3) is 0.667. The molecule has 1 aromatic carbocycles. The molecule has 0 spiro atoms. The topological polar surface area (TPSA) is 32.3 Å². The number of hydrogen-bond donors (Lipinski definition) is 2. The Morgan fingerprint density at radius 2 is 2.10 bits per heavy atom. The van der Waals surface area contributed by atoms with E-state index >= 15 is 0 Å². The van der Waals surface area contributed by atoms with Crippen molar-refractivity contribution in [2.24, 2.45) is 5.92 Å². The van der Waals surface area contributed by atoms with Crippen molar-refractivity contribution in [3.8, 4) is 0 Å². The zero-order valence-electron chi connectivity index (χ0n) is 12.6. The van der Waals surface area contributed by atoms with Gasteiger partial charge in [-0.05, 0) is 36.3 Å². The Morgan fingerprint density at radius 1 is 1.25 bits per heavy atom. The predicted octanol–water partition coefficient (Wildman–Crippen LogP) is 3.94. The van der Waals surface area contributed by atoms with Crippen LogP contribution in [0.25, 0.3) is 0 Å². The fourth-order valence-electron chi connectivity index (χ4n) is 4.18. The lowest BCUT2D eigenvalue weighted by atomic mass is 9.82. The van der Waals surface area contributed by atoms with E-state index in [2.05, 4.69) is 36.5 Å². The van der Waals surface area contributed by atoms with Crippen LogP contribution in [0.3, 0.4) is 0 Å². The predicted molar refractivity (Wildman–Crippen MR) is 82.5 cm³/mol. The molecular formula is C18H27NO. The lowest BCUT2D eigenvalue weighted by Gasteiger charge is -2.34. The van der Waals surface area contributed by atoms with E-state index in [1.165, 1.54) is 43.2 Å². The highest BCUT2D eigenvalue weighted by atomic mass is 16.3. The van der Waals surface area contributed by atoms with Crippen LogP contribution in [-0.4, -0.2) is 10.7 Å². The number of hydrogen-bond acceptors (Lipinski definition) is 2. The first-order chi connectivity index (χ1) is 9.73. The lowest BCUT2D eigenvalue weighted by Crippen LogP contribution is -2.40. The van der Waals surface area contributed by atoms with Gasteiger partial charge < -0.3 is 10.4 Å². The smallest absolute Gasteiger partial charge is 0.0841 e. The molecule has 0 aromatic heterocycles. The third-order valence-electron chi connectivity index (χ3n) is 5.30. The van der Waals surface area contributed by atoms with E-state index in [4.69, 9.17) is 0 Å². The number of benzene rings is 1. The molecule has 1 saturated carbocycles. The Bertz CT molecular complexity index is 458. The Labute approximate surface area is 122 Å². The van der Waals surface area contributed by atoms with Crippen LogP contribution in [0.1, 0.15) is 69.0 Å². The Hall–Kier alpha value is -0.860. The average molecular weight is 273 g/mol. The quantitative estimate of drug-likeness (QED) is 0.818. The minimum absolute atomic E-state index is 0.138. The molecule has 3 atom stereocenters. The van der Waals surface area contributed by atoms with E-state index in [0.717, 1.165) is 25.3 Å². The maximum atomic E-state index is 11.2. The summed E-state index contributed by atoms with van der Waals surface area (Å²) in [4.78, 5) is 0. The molecule has 1 fully saturated rings. The van der Waals surface area contributed by atoms with Crippen molar-refractivity contribution < 1.29 is 5.11 Å². The standard InChI is InChI=1S/C18H27NO/c1-2-6-14-7-5-11-18(20,12-10-14)17-16-9-4-3-8-15(16)13-19-17/h3-4,8-9,14,17,19-20H,2,5-7,10-13H2,1H3. The van der Waals surface area contributed by atoms with Gasteiger partial charge in [0, 0.05) is 6.54 Å². The monoisotopic (exact) mass is 273 g/mol. The van der Waals surface area contributed by atoms with Gasteiger partial charge >= 0.3 is 0 Å². The first kappa shape index (κ1) is 14.1. The molecule has 2 heteroatoms. The van der Waals surface area contributed by atoms with E-state index in [1.807, 2.05) is 0 Å². The molecular weight excluding hydrogens is 246 g/mol. The Morgan fingerprint density at radius 3 is 2.95 bits per heavy atom. The van der Waals surface area contributed by atoms with E-state index in [0.29, 0.717) is 0 Å². The minimum atomic E-state index is -0.547. The van der Waals surface area contributed by atoms with Crippen molar-refractivity contribution in [2.75, 3.05) is 0 Å². The van der Waals surface area contributed by atoms with Gasteiger partial charge in [-0.15, -0.1) is 0 Å². The lowest BCUT2D eigenvalue weighted by molar-refractivity contribution is -0.0114. The minimum Gasteiger partial charge on any atom is -0.388 e. The van der Waals surface area contributed by atoms with Crippen LogP contribution in [0, 0.1) is 5.92 Å². The highest BCUT2D eigenvalue weighted by molar-refractivity contribution is 5.35. The summed E-state index contributed by atoms with van der Waals surface area (Å²) < 4.78 is 0. The number of rotatable bonds is 3. The molecule has 1 heterocycles. The molecule has 2 aliphatic rings. The van der Waals surface area contributed by atoms with E-state index < -0.39 is 5.60 Å². The second-order valence-electron chi connectivity index (χ2n) is 6.70. The SMILES string of the molecule is CCCC1CCCC(O)(C2NCc3ccccc32)CC1. The van der Waals surface area contributed by atoms with Gasteiger partial charge in [-0.3, -0.25) is 0 Å². The molecule has 20 heavy (non-hydrogen) atoms. The van der Waals surface area contributed by atoms with E-state index in [1.54, 1.807) is 0 Å². The largest absolute Gasteiger partial charge is 0.388 e. The summed E-state index contributed by atoms with van der Waals surface area (Å²) in [5.41, 5.74) is 2.14. The normalized spacial score (nSPS) is 33.7. The van der Waals surface area contributed by atoms with Crippen molar-refractivity contribution in [1.82, 2.24) is 5.32 Å². The molecule has 1 aliphatic heterocycles. The van der Waals surface area contributed by atoms with Crippen LogP contribution >= 0.6 is 0 Å². The zero-order chi connectivity index (χ0) is 14.0. The summed E-state index contributed by atoms with van der Waals surface area (Å²) in [6.07, 6.45) is 8.14. The van der Waals surface area contributed by atoms with Crippen LogP contribution in [0.2, 0.25) is 0 Å². The van der Waals surface area contributed by atoms with Gasteiger partial charge in [0.2, 0.25) is 0 Å². The Kier molecular flexibility index (Phi) is 4.13. The highest BCUT2D eigenvalue weighted by Gasteiger charge is 2.41. The molecule has 0 radical (unpaired) electrons. The van der Waals surface area contributed by atoms with Crippen molar-refractivity contribution in [1.29, 1.82) is 0 Å². The third-order valence-corrected chi connectivity index (χ3v) is 5.30. The molecule has 2 nitrogen and oxygen atoms in total. The molecule has 1 aromatic rings. The average Bonchev–Trinajstić information content (AvgIpc) is 2.81. The fourth-order valence-corrected chi connectivity index (χ4v) is 4.18. The van der Waals surface area contributed by atoms with Crippen molar-refractivity contribution in [3.05, 3.63) is 35.4 Å². The highest BCUT2D eigenvalue weighted by Crippen LogP contribution is 2.42. The van der Waals surface area contributed by atoms with E-state index in [-0.39, 0.29) is 6.04 Å². The van der Waals surface area contributed by atoms with Crippen LogP contribution in [-0.2, 0) is 6.54 Å². The van der Waals surface area contributed by atoms with E-state index in [9.17, 15) is 5.11 Å². The molecule has 110 valence electrons. The molecule has 0 saturated heterocycles. The number of fused-ring (bicyclic) bond motifs is 1. The summed E-state index contributed by atoms with van der Waals surface area (Å²) >= 11 is 0. The summed E-state index contributed by atoms with van der Waals surface area (Å²) in [7, 11) is 0. The van der Waals surface area contributed by atoms with Gasteiger partial charge in [0.25, 0.3) is 0 Å². The summed E-state index contributed by atoms with van der Waals surface area (Å²) in [5.74, 6) is 0.825. The van der Waals surface area contributed by atoms with Gasteiger partial charge in [0.15, 0.2) is 0 Å². The molecule has 3 unspecified atom stereocenters. The first-order valence-electron chi connectivity index (χ1n) is 8.26.